The molecule has 212 valence electrons. The number of hydrogen-bond donors (Lipinski definition) is 3. The fourth-order valence-electron chi connectivity index (χ4n) is 3.91. The average Bonchev–Trinajstić information content (AvgIpc) is 2.99. The van der Waals surface area contributed by atoms with Gasteiger partial charge in [0.15, 0.2) is 0 Å². The molecule has 0 bridgehead atoms. The van der Waals surface area contributed by atoms with Gasteiger partial charge in [0.25, 0.3) is 11.8 Å². The highest BCUT2D eigenvalue weighted by Gasteiger charge is 2.27. The molecular formula is C30H32N6O4S. The lowest BCUT2D eigenvalue weighted by molar-refractivity contribution is -0.140. The topological polar surface area (TPSA) is 158 Å². The Kier molecular flexibility index (Phi) is 12.0. The summed E-state index contributed by atoms with van der Waals surface area (Å²) in [5.74, 6) is -2.60. The standard InChI is InChI=1S/C30H32N6O4S/c1-36(30(40)23-12-3-5-15-26(23)41-25-14-4-2-10-21(25)18-32)20-27(37)35-24(13-6-8-16-31)28(38)29(39)34-19-22-11-7-9-17-33-22/h2-5,7,9-12,14-15,17,24H,6,8,13,16,19-20,31H2,1H3,(H,34,39)(H,35,37)/t24-/m1/s1. The first-order valence-electron chi connectivity index (χ1n) is 13.1. The van der Waals surface area contributed by atoms with E-state index in [-0.39, 0.29) is 19.5 Å². The molecule has 0 aliphatic carbocycles. The lowest BCUT2D eigenvalue weighted by atomic mass is 10.0. The predicted octanol–water partition coefficient (Wildman–Crippen LogP) is 2.68. The zero-order valence-electron chi connectivity index (χ0n) is 22.7. The van der Waals surface area contributed by atoms with Crippen LogP contribution in [0.25, 0.3) is 0 Å². The summed E-state index contributed by atoms with van der Waals surface area (Å²) in [5.41, 5.74) is 7.02. The van der Waals surface area contributed by atoms with E-state index in [1.807, 2.05) is 6.07 Å². The quantitative estimate of drug-likeness (QED) is 0.196. The van der Waals surface area contributed by atoms with Crippen molar-refractivity contribution in [2.75, 3.05) is 20.1 Å². The molecule has 0 fully saturated rings. The third-order valence-electron chi connectivity index (χ3n) is 6.05. The summed E-state index contributed by atoms with van der Waals surface area (Å²) in [4.78, 5) is 58.4. The highest BCUT2D eigenvalue weighted by atomic mass is 32.2. The number of carbonyl (C=O) groups is 4. The number of ketones is 1. The molecule has 0 aliphatic rings. The average molecular weight is 573 g/mol. The SMILES string of the molecule is CN(CC(=O)N[C@H](CCCCN)C(=O)C(=O)NCc1ccccn1)C(=O)c1ccccc1Sc1ccccc1C#N. The third kappa shape index (κ3) is 9.27. The molecule has 41 heavy (non-hydrogen) atoms. The molecule has 3 aromatic rings. The van der Waals surface area contributed by atoms with Gasteiger partial charge < -0.3 is 21.3 Å². The van der Waals surface area contributed by atoms with Gasteiger partial charge in [0, 0.05) is 23.0 Å². The second kappa shape index (κ2) is 15.9. The first-order chi connectivity index (χ1) is 19.8. The Hall–Kier alpha value is -4.53. The van der Waals surface area contributed by atoms with Crippen LogP contribution >= 0.6 is 11.8 Å². The number of aromatic nitrogens is 1. The molecule has 0 radical (unpaired) electrons. The molecule has 0 unspecified atom stereocenters. The number of nitrogens with two attached hydrogens (primary N) is 1. The van der Waals surface area contributed by atoms with Gasteiger partial charge in [-0.15, -0.1) is 0 Å². The summed E-state index contributed by atoms with van der Waals surface area (Å²) in [6.45, 7) is 0.152. The van der Waals surface area contributed by atoms with Gasteiger partial charge in [0.05, 0.1) is 36.0 Å². The van der Waals surface area contributed by atoms with Crippen LogP contribution in [-0.2, 0) is 20.9 Å². The van der Waals surface area contributed by atoms with Crippen molar-refractivity contribution in [1.82, 2.24) is 20.5 Å². The van der Waals surface area contributed by atoms with Gasteiger partial charge in [0.2, 0.25) is 11.7 Å². The van der Waals surface area contributed by atoms with Crippen molar-refractivity contribution < 1.29 is 19.2 Å². The zero-order chi connectivity index (χ0) is 29.6. The van der Waals surface area contributed by atoms with Crippen LogP contribution in [0.2, 0.25) is 0 Å². The van der Waals surface area contributed by atoms with Crippen LogP contribution in [0.3, 0.4) is 0 Å². The van der Waals surface area contributed by atoms with Crippen molar-refractivity contribution in [2.24, 2.45) is 5.73 Å². The van der Waals surface area contributed by atoms with Crippen molar-refractivity contribution in [3.8, 4) is 6.07 Å². The van der Waals surface area contributed by atoms with Gasteiger partial charge in [-0.1, -0.05) is 42.1 Å². The van der Waals surface area contributed by atoms with Gasteiger partial charge in [0.1, 0.15) is 6.07 Å². The molecule has 0 saturated carbocycles. The van der Waals surface area contributed by atoms with Gasteiger partial charge >= 0.3 is 0 Å². The summed E-state index contributed by atoms with van der Waals surface area (Å²) in [5, 5.41) is 14.6. The van der Waals surface area contributed by atoms with Crippen LogP contribution in [0.1, 0.15) is 40.9 Å². The number of nitrogens with one attached hydrogen (secondary N) is 2. The third-order valence-corrected chi connectivity index (χ3v) is 7.20. The van der Waals surface area contributed by atoms with Crippen molar-refractivity contribution >= 4 is 35.3 Å². The number of pyridine rings is 1. The Balaban J connectivity index is 1.65. The molecule has 2 aromatic carbocycles. The minimum absolute atomic E-state index is 0.0718. The summed E-state index contributed by atoms with van der Waals surface area (Å²) in [6, 6.07) is 20.3. The number of rotatable bonds is 14. The van der Waals surface area contributed by atoms with Crippen LogP contribution < -0.4 is 16.4 Å². The van der Waals surface area contributed by atoms with Crippen molar-refractivity contribution in [3.63, 3.8) is 0 Å². The first-order valence-corrected chi connectivity index (χ1v) is 13.9. The molecule has 0 aliphatic heterocycles. The van der Waals surface area contributed by atoms with E-state index >= 15 is 0 Å². The molecular weight excluding hydrogens is 540 g/mol. The maximum Gasteiger partial charge on any atom is 0.289 e. The molecule has 0 saturated heterocycles. The van der Waals surface area contributed by atoms with Crippen LogP contribution in [0.15, 0.2) is 82.7 Å². The number of benzene rings is 2. The van der Waals surface area contributed by atoms with Crippen molar-refractivity contribution in [1.29, 1.82) is 5.26 Å². The normalized spacial score (nSPS) is 11.1. The number of amides is 3. The monoisotopic (exact) mass is 572 g/mol. The Morgan fingerprint density at radius 2 is 1.71 bits per heavy atom. The van der Waals surface area contributed by atoms with Gasteiger partial charge in [-0.3, -0.25) is 24.2 Å². The van der Waals surface area contributed by atoms with E-state index in [0.29, 0.717) is 46.0 Å². The molecule has 3 rings (SSSR count). The lowest BCUT2D eigenvalue weighted by Crippen LogP contribution is -2.50. The van der Waals surface area contributed by atoms with Gasteiger partial charge in [-0.25, -0.2) is 0 Å². The number of Topliss-reactive ketones (excluding diaryl/α,β-unsaturated/α-hetero) is 1. The second-order valence-electron chi connectivity index (χ2n) is 9.14. The van der Waals surface area contributed by atoms with Crippen LogP contribution in [0.4, 0.5) is 0 Å². The molecule has 10 nitrogen and oxygen atoms in total. The van der Waals surface area contributed by atoms with E-state index in [1.165, 1.54) is 23.7 Å². The van der Waals surface area contributed by atoms with E-state index in [9.17, 15) is 24.4 Å². The minimum Gasteiger partial charge on any atom is -0.344 e. The number of carbonyl (C=O) groups excluding carboxylic acids is 4. The Labute approximate surface area is 243 Å². The molecule has 0 spiro atoms. The van der Waals surface area contributed by atoms with Crippen molar-refractivity contribution in [2.45, 2.75) is 41.6 Å². The van der Waals surface area contributed by atoms with Crippen LogP contribution in [0.5, 0.6) is 0 Å². The number of hydrogen-bond acceptors (Lipinski definition) is 8. The lowest BCUT2D eigenvalue weighted by Gasteiger charge is -2.21. The maximum atomic E-state index is 13.3. The van der Waals surface area contributed by atoms with Gasteiger partial charge in [-0.05, 0) is 62.2 Å². The van der Waals surface area contributed by atoms with E-state index in [1.54, 1.807) is 66.9 Å². The predicted molar refractivity (Wildman–Crippen MR) is 155 cm³/mol. The summed E-state index contributed by atoms with van der Waals surface area (Å²) in [6.07, 6.45) is 2.97. The summed E-state index contributed by atoms with van der Waals surface area (Å²) < 4.78 is 0. The second-order valence-corrected chi connectivity index (χ2v) is 10.2. The highest BCUT2D eigenvalue weighted by Crippen LogP contribution is 2.33. The fraction of sp³-hybridized carbons (Fsp3) is 0.267. The molecule has 11 heteroatoms. The molecule has 4 N–H and O–H groups in total. The van der Waals surface area contributed by atoms with E-state index < -0.39 is 29.5 Å². The number of unbranched alkanes of at least 4 members (excludes halogenated alkanes) is 1. The molecule has 1 heterocycles. The summed E-state index contributed by atoms with van der Waals surface area (Å²) in [7, 11) is 1.48. The fourth-order valence-corrected chi connectivity index (χ4v) is 4.93. The first kappa shape index (κ1) is 31.0. The van der Waals surface area contributed by atoms with Crippen molar-refractivity contribution in [3.05, 3.63) is 89.7 Å². The Morgan fingerprint density at radius 1 is 1.00 bits per heavy atom. The Morgan fingerprint density at radius 3 is 2.41 bits per heavy atom. The minimum atomic E-state index is -1.06. The highest BCUT2D eigenvalue weighted by molar-refractivity contribution is 7.99. The number of nitrogens with zero attached hydrogens (tertiary/aromatic N) is 3. The van der Waals surface area contributed by atoms with E-state index in [4.69, 9.17) is 5.73 Å². The van der Waals surface area contributed by atoms with E-state index in [0.717, 1.165) is 0 Å². The summed E-state index contributed by atoms with van der Waals surface area (Å²) >= 11 is 1.29. The van der Waals surface area contributed by atoms with Crippen LogP contribution in [0, 0.1) is 11.3 Å². The largest absolute Gasteiger partial charge is 0.344 e. The van der Waals surface area contributed by atoms with Gasteiger partial charge in [-0.2, -0.15) is 5.26 Å². The number of nitriles is 1. The smallest absolute Gasteiger partial charge is 0.289 e. The zero-order valence-corrected chi connectivity index (χ0v) is 23.5. The van der Waals surface area contributed by atoms with Crippen LogP contribution in [-0.4, -0.2) is 59.6 Å². The maximum absolute atomic E-state index is 13.3. The molecule has 3 amide bonds. The van der Waals surface area contributed by atoms with E-state index in [2.05, 4.69) is 21.7 Å². The Bertz CT molecular complexity index is 1410. The molecule has 1 atom stereocenters. The molecule has 1 aromatic heterocycles. The number of likely N-dealkylation sites (N-methyl/N-ethyl adjacent to an activating group) is 1.